The molecule has 2 aromatic carbocycles. The lowest BCUT2D eigenvalue weighted by Crippen LogP contribution is -2.49. The van der Waals surface area contributed by atoms with E-state index >= 15 is 0 Å². The van der Waals surface area contributed by atoms with E-state index in [1.54, 1.807) is 0 Å². The Morgan fingerprint density at radius 3 is 2.52 bits per heavy atom. The summed E-state index contributed by atoms with van der Waals surface area (Å²) < 4.78 is 5.44. The van der Waals surface area contributed by atoms with Gasteiger partial charge in [0.1, 0.15) is 0 Å². The molecule has 7 heteroatoms. The van der Waals surface area contributed by atoms with E-state index in [1.807, 2.05) is 29.3 Å². The van der Waals surface area contributed by atoms with E-state index in [1.165, 1.54) is 5.39 Å². The van der Waals surface area contributed by atoms with Gasteiger partial charge in [0.15, 0.2) is 5.82 Å². The molecule has 3 aromatic rings. The molecule has 0 radical (unpaired) electrons. The Labute approximate surface area is 182 Å². The molecule has 0 N–H and O–H groups in total. The summed E-state index contributed by atoms with van der Waals surface area (Å²) >= 11 is 0. The van der Waals surface area contributed by atoms with E-state index in [0.717, 1.165) is 61.8 Å². The summed E-state index contributed by atoms with van der Waals surface area (Å²) in [6.45, 7) is 6.18. The van der Waals surface area contributed by atoms with Crippen LogP contribution in [0.1, 0.15) is 5.56 Å². The maximum atomic E-state index is 13.0. The van der Waals surface area contributed by atoms with Gasteiger partial charge in [-0.05, 0) is 16.3 Å². The van der Waals surface area contributed by atoms with Crippen LogP contribution in [0.15, 0.2) is 54.7 Å². The Morgan fingerprint density at radius 1 is 0.903 bits per heavy atom. The van der Waals surface area contributed by atoms with Gasteiger partial charge in [-0.1, -0.05) is 42.5 Å². The lowest BCUT2D eigenvalue weighted by atomic mass is 10.0. The number of hydrogen-bond acceptors (Lipinski definition) is 6. The molecule has 160 valence electrons. The third-order valence-corrected chi connectivity index (χ3v) is 6.18. The molecule has 2 aliphatic heterocycles. The Morgan fingerprint density at radius 2 is 1.68 bits per heavy atom. The molecular weight excluding hydrogens is 390 g/mol. The Hall–Kier alpha value is -3.19. The molecular formula is C24H27N5O2. The van der Waals surface area contributed by atoms with Crippen LogP contribution in [0.25, 0.3) is 10.8 Å². The molecule has 5 rings (SSSR count). The minimum Gasteiger partial charge on any atom is -0.378 e. The molecule has 2 aliphatic rings. The van der Waals surface area contributed by atoms with Crippen LogP contribution in [-0.4, -0.2) is 73.5 Å². The predicted molar refractivity (Wildman–Crippen MR) is 122 cm³/mol. The summed E-state index contributed by atoms with van der Waals surface area (Å²) in [6, 6.07) is 16.5. The quantitative estimate of drug-likeness (QED) is 0.650. The summed E-state index contributed by atoms with van der Waals surface area (Å²) in [5.74, 6) is 1.06. The summed E-state index contributed by atoms with van der Waals surface area (Å²) in [4.78, 5) is 19.4. The maximum absolute atomic E-state index is 13.0. The van der Waals surface area contributed by atoms with Crippen molar-refractivity contribution in [2.45, 2.75) is 6.42 Å². The third kappa shape index (κ3) is 4.32. The number of carbonyl (C=O) groups excluding carboxylic acids is 1. The number of morpholine rings is 1. The van der Waals surface area contributed by atoms with Crippen LogP contribution in [-0.2, 0) is 16.0 Å². The average Bonchev–Trinajstić information content (AvgIpc) is 2.85. The van der Waals surface area contributed by atoms with E-state index in [0.29, 0.717) is 19.5 Å². The lowest BCUT2D eigenvalue weighted by molar-refractivity contribution is -0.130. The molecule has 2 fully saturated rings. The molecule has 0 bridgehead atoms. The summed E-state index contributed by atoms with van der Waals surface area (Å²) in [5.41, 5.74) is 2.18. The molecule has 2 saturated heterocycles. The van der Waals surface area contributed by atoms with Crippen molar-refractivity contribution in [1.29, 1.82) is 0 Å². The van der Waals surface area contributed by atoms with Crippen molar-refractivity contribution in [3.8, 4) is 0 Å². The molecule has 0 saturated carbocycles. The second-order valence-corrected chi connectivity index (χ2v) is 8.05. The van der Waals surface area contributed by atoms with Gasteiger partial charge in [-0.3, -0.25) is 4.79 Å². The minimum absolute atomic E-state index is 0.184. The van der Waals surface area contributed by atoms with E-state index in [4.69, 9.17) is 4.74 Å². The molecule has 0 spiro atoms. The fraction of sp³-hybridized carbons (Fsp3) is 0.375. The Bertz CT molecular complexity index is 1050. The molecule has 0 unspecified atom stereocenters. The number of aromatic nitrogens is 2. The van der Waals surface area contributed by atoms with Crippen molar-refractivity contribution in [2.24, 2.45) is 0 Å². The minimum atomic E-state index is 0.184. The first-order chi connectivity index (χ1) is 15.3. The maximum Gasteiger partial charge on any atom is 0.227 e. The van der Waals surface area contributed by atoms with Gasteiger partial charge < -0.3 is 19.4 Å². The summed E-state index contributed by atoms with van der Waals surface area (Å²) in [6.07, 6.45) is 2.26. The summed E-state index contributed by atoms with van der Waals surface area (Å²) in [5, 5.41) is 10.9. The van der Waals surface area contributed by atoms with E-state index in [-0.39, 0.29) is 5.91 Å². The number of carbonyl (C=O) groups is 1. The van der Waals surface area contributed by atoms with Gasteiger partial charge in [0, 0.05) is 45.3 Å². The molecule has 0 aliphatic carbocycles. The van der Waals surface area contributed by atoms with Crippen LogP contribution < -0.4 is 9.80 Å². The van der Waals surface area contributed by atoms with Crippen molar-refractivity contribution < 1.29 is 9.53 Å². The highest BCUT2D eigenvalue weighted by atomic mass is 16.5. The second-order valence-electron chi connectivity index (χ2n) is 8.05. The Balaban J connectivity index is 1.22. The van der Waals surface area contributed by atoms with Gasteiger partial charge in [-0.25, -0.2) is 0 Å². The smallest absolute Gasteiger partial charge is 0.227 e. The second kappa shape index (κ2) is 8.89. The van der Waals surface area contributed by atoms with E-state index < -0.39 is 0 Å². The molecule has 3 heterocycles. The number of rotatable bonds is 4. The zero-order valence-corrected chi connectivity index (χ0v) is 17.6. The van der Waals surface area contributed by atoms with Crippen LogP contribution in [0.5, 0.6) is 0 Å². The number of fused-ring (bicyclic) bond motifs is 1. The predicted octanol–water partition coefficient (Wildman–Crippen LogP) is 2.36. The largest absolute Gasteiger partial charge is 0.378 e. The Kier molecular flexibility index (Phi) is 5.67. The van der Waals surface area contributed by atoms with Crippen molar-refractivity contribution in [1.82, 2.24) is 15.1 Å². The van der Waals surface area contributed by atoms with Crippen LogP contribution in [0.4, 0.5) is 11.5 Å². The number of piperazine rings is 1. The van der Waals surface area contributed by atoms with Crippen molar-refractivity contribution >= 4 is 28.2 Å². The third-order valence-electron chi connectivity index (χ3n) is 6.18. The fourth-order valence-electron chi connectivity index (χ4n) is 4.40. The van der Waals surface area contributed by atoms with Crippen LogP contribution >= 0.6 is 0 Å². The SMILES string of the molecule is O=C(Cc1cccc2ccccc12)N1CCN(c2cc(N3CCOCC3)cnn2)CC1. The number of hydrogen-bond donors (Lipinski definition) is 0. The van der Waals surface area contributed by atoms with Gasteiger partial charge in [0.2, 0.25) is 5.91 Å². The first kappa shape index (κ1) is 19.8. The van der Waals surface area contributed by atoms with Crippen LogP contribution in [0, 0.1) is 0 Å². The van der Waals surface area contributed by atoms with Crippen LogP contribution in [0.3, 0.4) is 0 Å². The highest BCUT2D eigenvalue weighted by Crippen LogP contribution is 2.22. The standard InChI is InChI=1S/C24H27N5O2/c30-24(16-20-6-3-5-19-4-1-2-7-22(19)20)29-10-8-28(9-11-29)23-17-21(18-25-26-23)27-12-14-31-15-13-27/h1-7,17-18H,8-16H2. The number of ether oxygens (including phenoxy) is 1. The van der Waals surface area contributed by atoms with Gasteiger partial charge in [-0.15, -0.1) is 5.10 Å². The molecule has 7 nitrogen and oxygen atoms in total. The van der Waals surface area contributed by atoms with Gasteiger partial charge >= 0.3 is 0 Å². The molecule has 31 heavy (non-hydrogen) atoms. The van der Waals surface area contributed by atoms with Gasteiger partial charge in [0.05, 0.1) is 31.5 Å². The van der Waals surface area contributed by atoms with Crippen LogP contribution in [0.2, 0.25) is 0 Å². The van der Waals surface area contributed by atoms with Gasteiger partial charge in [-0.2, -0.15) is 5.10 Å². The number of amides is 1. The monoisotopic (exact) mass is 417 g/mol. The number of anilines is 2. The van der Waals surface area contributed by atoms with Gasteiger partial charge in [0.25, 0.3) is 0 Å². The first-order valence-electron chi connectivity index (χ1n) is 10.9. The zero-order valence-electron chi connectivity index (χ0n) is 17.6. The zero-order chi connectivity index (χ0) is 21.0. The molecule has 1 amide bonds. The normalized spacial score (nSPS) is 17.2. The molecule has 0 atom stereocenters. The average molecular weight is 418 g/mol. The van der Waals surface area contributed by atoms with Crippen molar-refractivity contribution in [3.05, 3.63) is 60.3 Å². The summed E-state index contributed by atoms with van der Waals surface area (Å²) in [7, 11) is 0. The van der Waals surface area contributed by atoms with E-state index in [2.05, 4.69) is 50.3 Å². The number of nitrogens with zero attached hydrogens (tertiary/aromatic N) is 5. The molecule has 1 aromatic heterocycles. The first-order valence-corrected chi connectivity index (χ1v) is 10.9. The fourth-order valence-corrected chi connectivity index (χ4v) is 4.40. The topological polar surface area (TPSA) is 61.8 Å². The number of benzene rings is 2. The highest BCUT2D eigenvalue weighted by Gasteiger charge is 2.23. The highest BCUT2D eigenvalue weighted by molar-refractivity contribution is 5.90. The van der Waals surface area contributed by atoms with E-state index in [9.17, 15) is 4.79 Å². The van der Waals surface area contributed by atoms with Crippen molar-refractivity contribution in [3.63, 3.8) is 0 Å². The lowest BCUT2D eigenvalue weighted by Gasteiger charge is -2.36. The van der Waals surface area contributed by atoms with Crippen molar-refractivity contribution in [2.75, 3.05) is 62.3 Å².